The first-order valence-electron chi connectivity index (χ1n) is 5.59. The van der Waals surface area contributed by atoms with Gasteiger partial charge in [-0.15, -0.1) is 11.3 Å². The standard InChI is InChI=1S/C12H13N3O3S/c1-14(7-12-13-4-5-19-12)11-6-9(8-16)2-3-10(11)15(17)18/h2-6,16H,7-8H2,1H3. The number of aromatic nitrogens is 1. The molecule has 0 aliphatic carbocycles. The first kappa shape index (κ1) is 13.4. The largest absolute Gasteiger partial charge is 0.392 e. The summed E-state index contributed by atoms with van der Waals surface area (Å²) in [5.74, 6) is 0. The Morgan fingerprint density at radius 2 is 2.32 bits per heavy atom. The van der Waals surface area contributed by atoms with E-state index in [0.717, 1.165) is 5.01 Å². The lowest BCUT2D eigenvalue weighted by molar-refractivity contribution is -0.384. The van der Waals surface area contributed by atoms with Gasteiger partial charge in [-0.3, -0.25) is 10.1 Å². The van der Waals surface area contributed by atoms with E-state index in [2.05, 4.69) is 4.98 Å². The predicted octanol–water partition coefficient (Wildman–Crippen LogP) is 2.18. The monoisotopic (exact) mass is 279 g/mol. The zero-order valence-electron chi connectivity index (χ0n) is 10.3. The first-order valence-corrected chi connectivity index (χ1v) is 6.47. The average molecular weight is 279 g/mol. The van der Waals surface area contributed by atoms with Crippen LogP contribution in [0.15, 0.2) is 29.8 Å². The number of benzene rings is 1. The van der Waals surface area contributed by atoms with Gasteiger partial charge in [0.05, 0.1) is 18.1 Å². The number of nitrogens with zero attached hydrogens (tertiary/aromatic N) is 3. The Morgan fingerprint density at radius 3 is 2.89 bits per heavy atom. The molecule has 0 bridgehead atoms. The number of nitro benzene ring substituents is 1. The van der Waals surface area contributed by atoms with E-state index < -0.39 is 4.92 Å². The lowest BCUT2D eigenvalue weighted by atomic mass is 10.1. The molecule has 1 heterocycles. The molecular weight excluding hydrogens is 266 g/mol. The molecule has 0 unspecified atom stereocenters. The lowest BCUT2D eigenvalue weighted by Gasteiger charge is -2.18. The van der Waals surface area contributed by atoms with Crippen LogP contribution < -0.4 is 4.90 Å². The molecule has 1 N–H and O–H groups in total. The highest BCUT2D eigenvalue weighted by Crippen LogP contribution is 2.29. The van der Waals surface area contributed by atoms with E-state index >= 15 is 0 Å². The Balaban J connectivity index is 2.32. The van der Waals surface area contributed by atoms with Crippen LogP contribution in [0.1, 0.15) is 10.6 Å². The maximum Gasteiger partial charge on any atom is 0.292 e. The van der Waals surface area contributed by atoms with Crippen molar-refractivity contribution >= 4 is 22.7 Å². The minimum atomic E-state index is -0.422. The van der Waals surface area contributed by atoms with Crippen molar-refractivity contribution in [1.82, 2.24) is 4.98 Å². The highest BCUT2D eigenvalue weighted by atomic mass is 32.1. The first-order chi connectivity index (χ1) is 9.11. The van der Waals surface area contributed by atoms with Gasteiger partial charge >= 0.3 is 0 Å². The smallest absolute Gasteiger partial charge is 0.292 e. The Bertz CT molecular complexity index is 572. The van der Waals surface area contributed by atoms with E-state index in [-0.39, 0.29) is 12.3 Å². The second-order valence-electron chi connectivity index (χ2n) is 4.02. The lowest BCUT2D eigenvalue weighted by Crippen LogP contribution is -2.17. The van der Waals surface area contributed by atoms with Crippen LogP contribution >= 0.6 is 11.3 Å². The Morgan fingerprint density at radius 1 is 1.53 bits per heavy atom. The molecular formula is C12H13N3O3S. The van der Waals surface area contributed by atoms with Crippen molar-refractivity contribution in [3.8, 4) is 0 Å². The fourth-order valence-electron chi connectivity index (χ4n) is 1.75. The van der Waals surface area contributed by atoms with Crippen molar-refractivity contribution in [3.05, 3.63) is 50.5 Å². The van der Waals surface area contributed by atoms with Crippen LogP contribution in [-0.4, -0.2) is 22.1 Å². The van der Waals surface area contributed by atoms with Gasteiger partial charge in [0.15, 0.2) is 0 Å². The van der Waals surface area contributed by atoms with Crippen LogP contribution in [0.5, 0.6) is 0 Å². The molecule has 19 heavy (non-hydrogen) atoms. The molecule has 2 rings (SSSR count). The minimum Gasteiger partial charge on any atom is -0.392 e. The van der Waals surface area contributed by atoms with E-state index in [1.165, 1.54) is 17.4 Å². The van der Waals surface area contributed by atoms with Crippen molar-refractivity contribution in [2.75, 3.05) is 11.9 Å². The molecule has 6 nitrogen and oxygen atoms in total. The summed E-state index contributed by atoms with van der Waals surface area (Å²) in [6.07, 6.45) is 1.70. The van der Waals surface area contributed by atoms with Gasteiger partial charge in [0.2, 0.25) is 0 Å². The number of aliphatic hydroxyl groups excluding tert-OH is 1. The third-order valence-electron chi connectivity index (χ3n) is 2.69. The summed E-state index contributed by atoms with van der Waals surface area (Å²) >= 11 is 1.50. The number of hydrogen-bond acceptors (Lipinski definition) is 6. The molecule has 0 aliphatic rings. The van der Waals surface area contributed by atoms with Crippen molar-refractivity contribution in [2.24, 2.45) is 0 Å². The van der Waals surface area contributed by atoms with Gasteiger partial charge in [-0.25, -0.2) is 4.98 Å². The van der Waals surface area contributed by atoms with Gasteiger partial charge in [0.25, 0.3) is 5.69 Å². The van der Waals surface area contributed by atoms with Gasteiger partial charge < -0.3 is 10.0 Å². The fourth-order valence-corrected chi connectivity index (χ4v) is 2.42. The molecule has 7 heteroatoms. The summed E-state index contributed by atoms with van der Waals surface area (Å²) in [6.45, 7) is 0.351. The number of aliphatic hydroxyl groups is 1. The molecule has 0 saturated carbocycles. The zero-order valence-corrected chi connectivity index (χ0v) is 11.1. The van der Waals surface area contributed by atoms with E-state index in [4.69, 9.17) is 5.11 Å². The molecule has 1 aromatic heterocycles. The van der Waals surface area contributed by atoms with Gasteiger partial charge in [-0.2, -0.15) is 0 Å². The number of rotatable bonds is 5. The summed E-state index contributed by atoms with van der Waals surface area (Å²) in [5, 5.41) is 22.9. The van der Waals surface area contributed by atoms with Crippen LogP contribution in [0.3, 0.4) is 0 Å². The van der Waals surface area contributed by atoms with E-state index in [0.29, 0.717) is 17.8 Å². The van der Waals surface area contributed by atoms with Crippen molar-refractivity contribution in [1.29, 1.82) is 0 Å². The molecule has 0 amide bonds. The Hall–Kier alpha value is -1.99. The highest BCUT2D eigenvalue weighted by molar-refractivity contribution is 7.09. The maximum atomic E-state index is 11.0. The molecule has 0 aliphatic heterocycles. The minimum absolute atomic E-state index is 0.0243. The second kappa shape index (κ2) is 5.77. The molecule has 100 valence electrons. The maximum absolute atomic E-state index is 11.0. The number of anilines is 1. The predicted molar refractivity (Wildman–Crippen MR) is 73.2 cm³/mol. The van der Waals surface area contributed by atoms with E-state index in [1.807, 2.05) is 5.38 Å². The molecule has 0 spiro atoms. The van der Waals surface area contributed by atoms with Gasteiger partial charge in [0, 0.05) is 24.7 Å². The number of thiazole rings is 1. The van der Waals surface area contributed by atoms with Crippen LogP contribution in [-0.2, 0) is 13.2 Å². The SMILES string of the molecule is CN(Cc1nccs1)c1cc(CO)ccc1[N+](=O)[O-]. The zero-order chi connectivity index (χ0) is 13.8. The topological polar surface area (TPSA) is 79.5 Å². The Kier molecular flexibility index (Phi) is 4.08. The van der Waals surface area contributed by atoms with Crippen LogP contribution in [0.4, 0.5) is 11.4 Å². The van der Waals surface area contributed by atoms with Crippen LogP contribution in [0.25, 0.3) is 0 Å². The molecule has 1 aromatic carbocycles. The van der Waals surface area contributed by atoms with E-state index in [9.17, 15) is 10.1 Å². The highest BCUT2D eigenvalue weighted by Gasteiger charge is 2.18. The number of hydrogen-bond donors (Lipinski definition) is 1. The summed E-state index contributed by atoms with van der Waals surface area (Å²) in [5.41, 5.74) is 1.15. The van der Waals surface area contributed by atoms with E-state index in [1.54, 1.807) is 30.3 Å². The van der Waals surface area contributed by atoms with Crippen molar-refractivity contribution < 1.29 is 10.0 Å². The molecule has 0 atom stereocenters. The van der Waals surface area contributed by atoms with Crippen molar-refractivity contribution in [2.45, 2.75) is 13.2 Å². The van der Waals surface area contributed by atoms with Crippen LogP contribution in [0, 0.1) is 10.1 Å². The summed E-state index contributed by atoms with van der Waals surface area (Å²) < 4.78 is 0. The Labute approximate surface area is 114 Å². The quantitative estimate of drug-likeness (QED) is 0.670. The van der Waals surface area contributed by atoms with Gasteiger partial charge in [-0.05, 0) is 17.7 Å². The average Bonchev–Trinajstić information content (AvgIpc) is 2.90. The summed E-state index contributed by atoms with van der Waals surface area (Å²) in [6, 6.07) is 4.60. The molecule has 0 fully saturated rings. The normalized spacial score (nSPS) is 10.4. The second-order valence-corrected chi connectivity index (χ2v) is 5.00. The third kappa shape index (κ3) is 3.07. The third-order valence-corrected chi connectivity index (χ3v) is 3.45. The molecule has 0 saturated heterocycles. The molecule has 0 radical (unpaired) electrons. The number of nitro groups is 1. The van der Waals surface area contributed by atoms with Crippen molar-refractivity contribution in [3.63, 3.8) is 0 Å². The van der Waals surface area contributed by atoms with Crippen LogP contribution in [0.2, 0.25) is 0 Å². The van der Waals surface area contributed by atoms with Gasteiger partial charge in [-0.1, -0.05) is 0 Å². The fraction of sp³-hybridized carbons (Fsp3) is 0.250. The summed E-state index contributed by atoms with van der Waals surface area (Å²) in [7, 11) is 1.77. The summed E-state index contributed by atoms with van der Waals surface area (Å²) in [4.78, 5) is 16.5. The van der Waals surface area contributed by atoms with Gasteiger partial charge in [0.1, 0.15) is 10.7 Å². The molecule has 2 aromatic rings.